The maximum Gasteiger partial charge on any atom is 0.307 e. The molecule has 0 aromatic carbocycles. The van der Waals surface area contributed by atoms with Gasteiger partial charge in [-0.15, -0.1) is 0 Å². The van der Waals surface area contributed by atoms with Crippen molar-refractivity contribution in [1.82, 2.24) is 4.98 Å². The van der Waals surface area contributed by atoms with Gasteiger partial charge in [-0.2, -0.15) is 0 Å². The molecule has 0 spiro atoms. The summed E-state index contributed by atoms with van der Waals surface area (Å²) in [5.74, 6) is -0.797. The molecule has 1 aliphatic rings. The Kier molecular flexibility index (Phi) is 2.07. The molecule has 1 aromatic rings. The predicted molar refractivity (Wildman–Crippen MR) is 50.4 cm³/mol. The molecule has 2 rings (SSSR count). The number of hydrogen-bond acceptors (Lipinski definition) is 2. The molecule has 4 heteroatoms. The lowest BCUT2D eigenvalue weighted by atomic mass is 10.2. The van der Waals surface area contributed by atoms with Gasteiger partial charge in [0.25, 0.3) is 0 Å². The van der Waals surface area contributed by atoms with E-state index in [1.165, 1.54) is 0 Å². The molecule has 1 unspecified atom stereocenters. The molecule has 1 N–H and O–H groups in total. The number of hydrogen-bond donors (Lipinski definition) is 1. The van der Waals surface area contributed by atoms with Crippen LogP contribution in [0.25, 0.3) is 0 Å². The monoisotopic (exact) mass is 241 g/mol. The van der Waals surface area contributed by atoms with Gasteiger partial charge in [0.1, 0.15) is 0 Å². The summed E-state index contributed by atoms with van der Waals surface area (Å²) in [4.78, 5) is 14.7. The number of aliphatic carboxylic acids is 1. The number of pyridine rings is 1. The minimum atomic E-state index is -0.713. The fourth-order valence-corrected chi connectivity index (χ4v) is 1.64. The Labute approximate surface area is 83.9 Å². The van der Waals surface area contributed by atoms with Crippen LogP contribution in [0.15, 0.2) is 22.8 Å². The van der Waals surface area contributed by atoms with Gasteiger partial charge >= 0.3 is 5.97 Å². The first-order valence-electron chi connectivity index (χ1n) is 4.03. The largest absolute Gasteiger partial charge is 0.481 e. The summed E-state index contributed by atoms with van der Waals surface area (Å²) in [6, 6.07) is 3.76. The van der Waals surface area contributed by atoms with Crippen molar-refractivity contribution in [2.45, 2.75) is 12.3 Å². The van der Waals surface area contributed by atoms with E-state index < -0.39 is 5.97 Å². The van der Waals surface area contributed by atoms with Gasteiger partial charge in [-0.3, -0.25) is 9.78 Å². The third-order valence-electron chi connectivity index (χ3n) is 2.24. The zero-order valence-electron chi connectivity index (χ0n) is 6.77. The second kappa shape index (κ2) is 3.10. The van der Waals surface area contributed by atoms with Crippen molar-refractivity contribution < 1.29 is 9.90 Å². The molecule has 68 valence electrons. The zero-order chi connectivity index (χ0) is 9.42. The lowest BCUT2D eigenvalue weighted by Gasteiger charge is -1.96. The van der Waals surface area contributed by atoms with E-state index in [9.17, 15) is 4.79 Å². The number of carboxylic acid groups (broad SMARTS) is 1. The molecule has 0 radical (unpaired) electrons. The maximum absolute atomic E-state index is 10.6. The number of aromatic nitrogens is 1. The molecule has 1 saturated carbocycles. The minimum absolute atomic E-state index is 0.130. The highest BCUT2D eigenvalue weighted by molar-refractivity contribution is 9.10. The molecule has 1 aromatic heterocycles. The topological polar surface area (TPSA) is 50.2 Å². The Balaban J connectivity index is 2.12. The quantitative estimate of drug-likeness (QED) is 0.863. The van der Waals surface area contributed by atoms with Crippen LogP contribution in [0.4, 0.5) is 0 Å². The standard InChI is InChI=1S/C9H8BrNO2/c10-5-1-2-8(11-4-5)6-3-7(6)9(12)13/h1-2,4,6-7H,3H2,(H,12,13)/t6?,7-/m0/s1. The fourth-order valence-electron chi connectivity index (χ4n) is 1.40. The van der Waals surface area contributed by atoms with Gasteiger partial charge in [-0.05, 0) is 34.5 Å². The van der Waals surface area contributed by atoms with Crippen molar-refractivity contribution in [3.63, 3.8) is 0 Å². The van der Waals surface area contributed by atoms with E-state index in [-0.39, 0.29) is 11.8 Å². The van der Waals surface area contributed by atoms with Crippen LogP contribution in [0.3, 0.4) is 0 Å². The van der Waals surface area contributed by atoms with Crippen LogP contribution in [-0.2, 0) is 4.79 Å². The Bertz CT molecular complexity index is 336. The second-order valence-electron chi connectivity index (χ2n) is 3.19. The number of rotatable bonds is 2. The van der Waals surface area contributed by atoms with Gasteiger partial charge in [-0.1, -0.05) is 0 Å². The lowest BCUT2D eigenvalue weighted by Crippen LogP contribution is -1.99. The molecule has 0 aliphatic heterocycles. The molecular weight excluding hydrogens is 234 g/mol. The molecule has 1 heterocycles. The van der Waals surface area contributed by atoms with Crippen LogP contribution in [0.2, 0.25) is 0 Å². The lowest BCUT2D eigenvalue weighted by molar-refractivity contribution is -0.138. The maximum atomic E-state index is 10.6. The summed E-state index contributed by atoms with van der Waals surface area (Å²) in [6.45, 7) is 0. The third-order valence-corrected chi connectivity index (χ3v) is 2.71. The van der Waals surface area contributed by atoms with Crippen LogP contribution in [-0.4, -0.2) is 16.1 Å². The van der Waals surface area contributed by atoms with Crippen molar-refractivity contribution in [1.29, 1.82) is 0 Å². The zero-order valence-corrected chi connectivity index (χ0v) is 8.36. The fraction of sp³-hybridized carbons (Fsp3) is 0.333. The van der Waals surface area contributed by atoms with Crippen molar-refractivity contribution in [3.05, 3.63) is 28.5 Å². The van der Waals surface area contributed by atoms with Crippen LogP contribution in [0, 0.1) is 5.92 Å². The van der Waals surface area contributed by atoms with E-state index in [4.69, 9.17) is 5.11 Å². The van der Waals surface area contributed by atoms with Gasteiger partial charge in [0.2, 0.25) is 0 Å². The van der Waals surface area contributed by atoms with Crippen LogP contribution in [0.1, 0.15) is 18.0 Å². The number of halogens is 1. The number of nitrogens with zero attached hydrogens (tertiary/aromatic N) is 1. The van der Waals surface area contributed by atoms with E-state index >= 15 is 0 Å². The molecule has 3 nitrogen and oxygen atoms in total. The molecule has 0 saturated heterocycles. The summed E-state index contributed by atoms with van der Waals surface area (Å²) < 4.78 is 0.920. The van der Waals surface area contributed by atoms with E-state index in [2.05, 4.69) is 20.9 Å². The molecule has 2 atom stereocenters. The molecule has 1 aliphatic carbocycles. The van der Waals surface area contributed by atoms with Crippen LogP contribution >= 0.6 is 15.9 Å². The first-order chi connectivity index (χ1) is 6.18. The summed E-state index contributed by atoms with van der Waals surface area (Å²) in [5.41, 5.74) is 0.885. The molecule has 1 fully saturated rings. The highest BCUT2D eigenvalue weighted by atomic mass is 79.9. The summed E-state index contributed by atoms with van der Waals surface area (Å²) in [5, 5.41) is 8.70. The minimum Gasteiger partial charge on any atom is -0.481 e. The van der Waals surface area contributed by atoms with Gasteiger partial charge in [-0.25, -0.2) is 0 Å². The second-order valence-corrected chi connectivity index (χ2v) is 4.10. The van der Waals surface area contributed by atoms with Gasteiger partial charge in [0.15, 0.2) is 0 Å². The Hall–Kier alpha value is -0.900. The van der Waals surface area contributed by atoms with E-state index in [0.717, 1.165) is 16.6 Å². The highest BCUT2D eigenvalue weighted by Crippen LogP contribution is 2.46. The van der Waals surface area contributed by atoms with E-state index in [1.54, 1.807) is 6.20 Å². The first-order valence-corrected chi connectivity index (χ1v) is 4.82. The average molecular weight is 242 g/mol. The Morgan fingerprint density at radius 2 is 2.38 bits per heavy atom. The highest BCUT2D eigenvalue weighted by Gasteiger charge is 2.44. The molecule has 0 amide bonds. The van der Waals surface area contributed by atoms with Crippen molar-refractivity contribution in [3.8, 4) is 0 Å². The SMILES string of the molecule is O=C(O)[C@H]1CC1c1ccc(Br)cn1. The van der Waals surface area contributed by atoms with Crippen molar-refractivity contribution in [2.24, 2.45) is 5.92 Å². The molecule has 13 heavy (non-hydrogen) atoms. The normalized spacial score (nSPS) is 25.6. The first kappa shape index (κ1) is 8.69. The molecular formula is C9H8BrNO2. The third kappa shape index (κ3) is 1.72. The smallest absolute Gasteiger partial charge is 0.307 e. The molecule has 0 bridgehead atoms. The van der Waals surface area contributed by atoms with Crippen LogP contribution < -0.4 is 0 Å². The van der Waals surface area contributed by atoms with E-state index in [0.29, 0.717) is 0 Å². The van der Waals surface area contributed by atoms with Crippen LogP contribution in [0.5, 0.6) is 0 Å². The predicted octanol–water partition coefficient (Wildman–Crippen LogP) is 2.03. The Morgan fingerprint density at radius 1 is 1.62 bits per heavy atom. The number of carbonyl (C=O) groups is 1. The summed E-state index contributed by atoms with van der Waals surface area (Å²) in [7, 11) is 0. The van der Waals surface area contributed by atoms with E-state index in [1.807, 2.05) is 12.1 Å². The summed E-state index contributed by atoms with van der Waals surface area (Å²) in [6.07, 6.45) is 2.43. The van der Waals surface area contributed by atoms with Crippen molar-refractivity contribution >= 4 is 21.9 Å². The summed E-state index contributed by atoms with van der Waals surface area (Å²) >= 11 is 3.28. The van der Waals surface area contributed by atoms with Gasteiger partial charge < -0.3 is 5.11 Å². The average Bonchev–Trinajstić information content (AvgIpc) is 2.85. The number of carboxylic acids is 1. The van der Waals surface area contributed by atoms with Gasteiger partial charge in [0.05, 0.1) is 5.92 Å². The van der Waals surface area contributed by atoms with Gasteiger partial charge in [0, 0.05) is 22.3 Å². The Morgan fingerprint density at radius 3 is 2.85 bits per heavy atom. The van der Waals surface area contributed by atoms with Crippen molar-refractivity contribution in [2.75, 3.05) is 0 Å².